The minimum absolute atomic E-state index is 0.335. The van der Waals surface area contributed by atoms with Crippen LogP contribution in [0.2, 0.25) is 5.02 Å². The van der Waals surface area contributed by atoms with Gasteiger partial charge in [-0.1, -0.05) is 11.6 Å². The highest BCUT2D eigenvalue weighted by Gasteiger charge is 2.19. The third-order valence-electron chi connectivity index (χ3n) is 2.39. The van der Waals surface area contributed by atoms with Crippen molar-refractivity contribution in [2.45, 2.75) is 19.4 Å². The minimum atomic E-state index is -2.46. The zero-order chi connectivity index (χ0) is 12.4. The lowest BCUT2D eigenvalue weighted by Gasteiger charge is -2.21. The molecule has 0 radical (unpaired) electrons. The first-order valence-corrected chi connectivity index (χ1v) is 5.59. The molecular formula is C11H12ClF2NO2. The van der Waals surface area contributed by atoms with Crippen LogP contribution in [0.1, 0.15) is 6.92 Å². The van der Waals surface area contributed by atoms with Crippen molar-refractivity contribution in [3.8, 4) is 11.5 Å². The molecule has 6 heteroatoms. The standard InChI is InChI=1S/C11H12ClF2NO2/c1-6(11(13)14)15-8-5-10-9(4-7(8)12)16-2-3-17-10/h4-6,11,15H,2-3H2,1H3. The molecule has 0 saturated heterocycles. The Morgan fingerprint density at radius 1 is 1.24 bits per heavy atom. The highest BCUT2D eigenvalue weighted by atomic mass is 35.5. The Hall–Kier alpha value is -1.23. The largest absolute Gasteiger partial charge is 0.486 e. The van der Waals surface area contributed by atoms with Crippen molar-refractivity contribution in [2.75, 3.05) is 18.5 Å². The number of nitrogens with one attached hydrogen (secondary N) is 1. The van der Waals surface area contributed by atoms with Gasteiger partial charge in [-0.25, -0.2) is 8.78 Å². The number of benzene rings is 1. The van der Waals surface area contributed by atoms with Gasteiger partial charge in [0.15, 0.2) is 11.5 Å². The summed E-state index contributed by atoms with van der Waals surface area (Å²) in [4.78, 5) is 0. The van der Waals surface area contributed by atoms with Crippen molar-refractivity contribution in [3.63, 3.8) is 0 Å². The topological polar surface area (TPSA) is 30.5 Å². The molecule has 1 atom stereocenters. The second kappa shape index (κ2) is 4.96. The van der Waals surface area contributed by atoms with Crippen LogP contribution in [-0.4, -0.2) is 25.7 Å². The van der Waals surface area contributed by atoms with Crippen LogP contribution in [0.15, 0.2) is 12.1 Å². The summed E-state index contributed by atoms with van der Waals surface area (Å²) in [6, 6.07) is 2.17. The average Bonchev–Trinajstić information content (AvgIpc) is 2.29. The molecule has 0 amide bonds. The molecule has 1 aliphatic rings. The summed E-state index contributed by atoms with van der Waals surface area (Å²) in [5, 5.41) is 2.98. The molecule has 0 fully saturated rings. The Kier molecular flexibility index (Phi) is 3.57. The first-order valence-electron chi connectivity index (χ1n) is 5.22. The van der Waals surface area contributed by atoms with E-state index in [4.69, 9.17) is 21.1 Å². The molecule has 1 aromatic rings. The number of hydrogen-bond acceptors (Lipinski definition) is 3. The monoisotopic (exact) mass is 263 g/mol. The number of fused-ring (bicyclic) bond motifs is 1. The van der Waals surface area contributed by atoms with Gasteiger partial charge in [-0.3, -0.25) is 0 Å². The van der Waals surface area contributed by atoms with E-state index < -0.39 is 12.5 Å². The third-order valence-corrected chi connectivity index (χ3v) is 2.71. The molecule has 0 aliphatic carbocycles. The van der Waals surface area contributed by atoms with E-state index in [1.165, 1.54) is 6.92 Å². The van der Waals surface area contributed by atoms with Crippen molar-refractivity contribution < 1.29 is 18.3 Å². The van der Waals surface area contributed by atoms with E-state index in [2.05, 4.69) is 5.32 Å². The summed E-state index contributed by atoms with van der Waals surface area (Å²) in [7, 11) is 0. The fourth-order valence-corrected chi connectivity index (χ4v) is 1.69. The highest BCUT2D eigenvalue weighted by Crippen LogP contribution is 2.38. The lowest BCUT2D eigenvalue weighted by molar-refractivity contribution is 0.130. The van der Waals surface area contributed by atoms with Crippen molar-refractivity contribution in [1.29, 1.82) is 0 Å². The SMILES string of the molecule is CC(Nc1cc2c(cc1Cl)OCCO2)C(F)F. The number of alkyl halides is 2. The average molecular weight is 264 g/mol. The molecule has 1 aromatic carbocycles. The maximum atomic E-state index is 12.4. The smallest absolute Gasteiger partial charge is 0.258 e. The fraction of sp³-hybridized carbons (Fsp3) is 0.455. The summed E-state index contributed by atoms with van der Waals surface area (Å²) >= 11 is 5.97. The van der Waals surface area contributed by atoms with Crippen LogP contribution >= 0.6 is 11.6 Å². The van der Waals surface area contributed by atoms with Crippen molar-refractivity contribution in [1.82, 2.24) is 0 Å². The quantitative estimate of drug-likeness (QED) is 0.909. The van der Waals surface area contributed by atoms with Gasteiger partial charge in [0.25, 0.3) is 6.43 Å². The van der Waals surface area contributed by atoms with E-state index in [0.717, 1.165) is 0 Å². The molecular weight excluding hydrogens is 252 g/mol. The Labute approximate surface area is 103 Å². The molecule has 2 rings (SSSR count). The molecule has 1 heterocycles. The second-order valence-electron chi connectivity index (χ2n) is 3.74. The molecule has 3 nitrogen and oxygen atoms in total. The van der Waals surface area contributed by atoms with E-state index in [1.54, 1.807) is 12.1 Å². The molecule has 0 spiro atoms. The van der Waals surface area contributed by atoms with Gasteiger partial charge < -0.3 is 14.8 Å². The Morgan fingerprint density at radius 2 is 1.82 bits per heavy atom. The van der Waals surface area contributed by atoms with Crippen molar-refractivity contribution in [2.24, 2.45) is 0 Å². The lowest BCUT2D eigenvalue weighted by atomic mass is 10.2. The van der Waals surface area contributed by atoms with Gasteiger partial charge in [0.05, 0.1) is 16.8 Å². The van der Waals surface area contributed by atoms with Gasteiger partial charge in [0.2, 0.25) is 0 Å². The van der Waals surface area contributed by atoms with E-state index in [0.29, 0.717) is 35.4 Å². The fourth-order valence-electron chi connectivity index (χ4n) is 1.48. The molecule has 94 valence electrons. The van der Waals surface area contributed by atoms with Gasteiger partial charge in [0, 0.05) is 12.1 Å². The van der Waals surface area contributed by atoms with E-state index >= 15 is 0 Å². The minimum Gasteiger partial charge on any atom is -0.486 e. The molecule has 0 saturated carbocycles. The molecule has 0 bridgehead atoms. The van der Waals surface area contributed by atoms with Gasteiger partial charge in [0.1, 0.15) is 13.2 Å². The Balaban J connectivity index is 2.22. The molecule has 17 heavy (non-hydrogen) atoms. The van der Waals surface area contributed by atoms with Crippen LogP contribution in [0.5, 0.6) is 11.5 Å². The van der Waals surface area contributed by atoms with Gasteiger partial charge in [-0.05, 0) is 6.92 Å². The van der Waals surface area contributed by atoms with Crippen molar-refractivity contribution in [3.05, 3.63) is 17.2 Å². The van der Waals surface area contributed by atoms with E-state index in [1.807, 2.05) is 0 Å². The predicted octanol–water partition coefficient (Wildman–Crippen LogP) is 3.18. The predicted molar refractivity (Wildman–Crippen MR) is 61.5 cm³/mol. The normalized spacial score (nSPS) is 15.8. The first-order chi connectivity index (χ1) is 8.08. The maximum Gasteiger partial charge on any atom is 0.258 e. The van der Waals surface area contributed by atoms with Crippen LogP contribution in [0.3, 0.4) is 0 Å². The summed E-state index contributed by atoms with van der Waals surface area (Å²) in [5.74, 6) is 1.06. The number of hydrogen-bond donors (Lipinski definition) is 1. The molecule has 1 N–H and O–H groups in total. The van der Waals surface area contributed by atoms with Crippen LogP contribution in [0, 0.1) is 0 Å². The zero-order valence-electron chi connectivity index (χ0n) is 9.17. The van der Waals surface area contributed by atoms with E-state index in [9.17, 15) is 8.78 Å². The molecule has 1 aliphatic heterocycles. The summed E-state index contributed by atoms with van der Waals surface area (Å²) in [6.07, 6.45) is -2.46. The van der Waals surface area contributed by atoms with E-state index in [-0.39, 0.29) is 0 Å². The molecule has 0 aromatic heterocycles. The second-order valence-corrected chi connectivity index (χ2v) is 4.15. The summed E-state index contributed by atoms with van der Waals surface area (Å²) in [5.41, 5.74) is 0.420. The van der Waals surface area contributed by atoms with Gasteiger partial charge in [-0.2, -0.15) is 0 Å². The summed E-state index contributed by atoms with van der Waals surface area (Å²) in [6.45, 7) is 2.29. The van der Waals surface area contributed by atoms with Crippen molar-refractivity contribution >= 4 is 17.3 Å². The Morgan fingerprint density at radius 3 is 2.41 bits per heavy atom. The van der Waals surface area contributed by atoms with Crippen LogP contribution in [-0.2, 0) is 0 Å². The number of anilines is 1. The lowest BCUT2D eigenvalue weighted by Crippen LogP contribution is -2.24. The van der Waals surface area contributed by atoms with Crippen LogP contribution < -0.4 is 14.8 Å². The third kappa shape index (κ3) is 2.72. The van der Waals surface area contributed by atoms with Gasteiger partial charge in [-0.15, -0.1) is 0 Å². The molecule has 1 unspecified atom stereocenters. The highest BCUT2D eigenvalue weighted by molar-refractivity contribution is 6.33. The number of halogens is 3. The maximum absolute atomic E-state index is 12.4. The van der Waals surface area contributed by atoms with Crippen LogP contribution in [0.4, 0.5) is 14.5 Å². The zero-order valence-corrected chi connectivity index (χ0v) is 9.93. The van der Waals surface area contributed by atoms with Gasteiger partial charge >= 0.3 is 0 Å². The number of rotatable bonds is 3. The first kappa shape index (κ1) is 12.2. The van der Waals surface area contributed by atoms with Crippen LogP contribution in [0.25, 0.3) is 0 Å². The number of ether oxygens (including phenoxy) is 2. The summed E-state index contributed by atoms with van der Waals surface area (Å²) < 4.78 is 35.5. The Bertz CT molecular complexity index is 415.